The zero-order chi connectivity index (χ0) is 23.8. The van der Waals surface area contributed by atoms with Crippen molar-refractivity contribution in [2.75, 3.05) is 7.11 Å². The molecule has 3 rings (SSSR count). The number of halogens is 1. The molecule has 0 saturated carbocycles. The van der Waals surface area contributed by atoms with E-state index in [0.29, 0.717) is 18.8 Å². The fourth-order valence-electron chi connectivity index (χ4n) is 5.01. The van der Waals surface area contributed by atoms with Crippen molar-refractivity contribution >= 4 is 34.5 Å². The summed E-state index contributed by atoms with van der Waals surface area (Å²) in [5.74, 6) is -0.212. The summed E-state index contributed by atoms with van der Waals surface area (Å²) in [5, 5.41) is 0. The normalized spacial score (nSPS) is 38.6. The second-order valence-electron chi connectivity index (χ2n) is 9.59. The molecular weight excluding hydrogens is 535 g/mol. The number of hydrogen-bond donors (Lipinski definition) is 0. The monoisotopic (exact) mass is 572 g/mol. The standard InChI is InChI=1S/C26H37IO6/c1-17-7-8-18(2)24(9-10-27)33-26(29)16-23-13-19(14-25(28)30-3)12-22(32-23)15-21-6-4-5-20(11-17)31-21/h7-10,14,17-18,20-24H,4-6,11-13,15-16H2,1-3H3/b8-7+,10-9+,19-14-/t17-,18-,20+,21-,22?,23-,24-/m0/s1. The average Bonchev–Trinajstić information content (AvgIpc) is 2.76. The molecule has 3 heterocycles. The lowest BCUT2D eigenvalue weighted by Gasteiger charge is -2.37. The Kier molecular flexibility index (Phi) is 10.4. The quantitative estimate of drug-likeness (QED) is 0.190. The van der Waals surface area contributed by atoms with Crippen LogP contribution in [0.25, 0.3) is 0 Å². The minimum absolute atomic E-state index is 0.0603. The molecule has 0 amide bonds. The van der Waals surface area contributed by atoms with Crippen molar-refractivity contribution in [3.05, 3.63) is 34.0 Å². The lowest BCUT2D eigenvalue weighted by atomic mass is 9.89. The van der Waals surface area contributed by atoms with Crippen LogP contribution >= 0.6 is 22.6 Å². The smallest absolute Gasteiger partial charge is 0.330 e. The van der Waals surface area contributed by atoms with Crippen molar-refractivity contribution in [2.24, 2.45) is 11.8 Å². The van der Waals surface area contributed by atoms with Crippen molar-refractivity contribution in [2.45, 2.75) is 95.7 Å². The minimum atomic E-state index is -0.370. The summed E-state index contributed by atoms with van der Waals surface area (Å²) in [5.41, 5.74) is 0.956. The van der Waals surface area contributed by atoms with E-state index in [0.717, 1.165) is 37.7 Å². The number of methoxy groups -OCH3 is 1. The van der Waals surface area contributed by atoms with Gasteiger partial charge in [-0.1, -0.05) is 54.2 Å². The summed E-state index contributed by atoms with van der Waals surface area (Å²) < 4.78 is 25.4. The van der Waals surface area contributed by atoms with E-state index in [-0.39, 0.29) is 54.8 Å². The third kappa shape index (κ3) is 8.51. The SMILES string of the molecule is COC(=O)/C=C1/CC2C[C@@H]3CCC[C@H](C[C@@H](C)/C=C/[C@H](C)[C@H](/C=C/I)OC(=O)C[C@H](C1)O2)O3. The van der Waals surface area contributed by atoms with Crippen molar-refractivity contribution in [3.63, 3.8) is 0 Å². The number of allylic oxidation sites excluding steroid dienone is 1. The fraction of sp³-hybridized carbons (Fsp3) is 0.692. The highest BCUT2D eigenvalue weighted by Gasteiger charge is 2.33. The first-order chi connectivity index (χ1) is 15.9. The van der Waals surface area contributed by atoms with Crippen molar-refractivity contribution in [1.29, 1.82) is 0 Å². The molecule has 7 atom stereocenters. The van der Waals surface area contributed by atoms with Crippen LogP contribution in [0.5, 0.6) is 0 Å². The number of ether oxygens (including phenoxy) is 4. The fourth-order valence-corrected chi connectivity index (χ4v) is 5.42. The number of cyclic esters (lactones) is 1. The van der Waals surface area contributed by atoms with Crippen LogP contribution in [-0.2, 0) is 28.5 Å². The molecule has 4 bridgehead atoms. The molecule has 0 radical (unpaired) electrons. The first-order valence-electron chi connectivity index (χ1n) is 12.1. The third-order valence-corrected chi connectivity index (χ3v) is 7.09. The Morgan fingerprint density at radius 2 is 1.73 bits per heavy atom. The highest BCUT2D eigenvalue weighted by atomic mass is 127. The second kappa shape index (κ2) is 13.0. The number of rotatable bonds is 2. The van der Waals surface area contributed by atoms with Crippen LogP contribution in [0.3, 0.4) is 0 Å². The van der Waals surface area contributed by atoms with Crippen LogP contribution < -0.4 is 0 Å². The molecule has 0 N–H and O–H groups in total. The molecule has 7 heteroatoms. The largest absolute Gasteiger partial charge is 0.466 e. The Labute approximate surface area is 211 Å². The van der Waals surface area contributed by atoms with Crippen LogP contribution in [0.1, 0.15) is 65.2 Å². The maximum Gasteiger partial charge on any atom is 0.330 e. The molecule has 0 aromatic carbocycles. The van der Waals surface area contributed by atoms with Crippen LogP contribution in [-0.4, -0.2) is 49.6 Å². The van der Waals surface area contributed by atoms with Gasteiger partial charge < -0.3 is 18.9 Å². The molecule has 0 spiro atoms. The van der Waals surface area contributed by atoms with E-state index >= 15 is 0 Å². The van der Waals surface area contributed by atoms with E-state index in [4.69, 9.17) is 18.9 Å². The van der Waals surface area contributed by atoms with Crippen LogP contribution in [0, 0.1) is 11.8 Å². The number of carbonyl (C=O) groups excluding carboxylic acids is 2. The molecule has 6 nitrogen and oxygen atoms in total. The molecule has 3 aliphatic rings. The van der Waals surface area contributed by atoms with E-state index in [1.54, 1.807) is 6.08 Å². The summed E-state index contributed by atoms with van der Waals surface area (Å²) in [6.07, 6.45) is 13.8. The van der Waals surface area contributed by atoms with Crippen molar-refractivity contribution in [3.8, 4) is 0 Å². The first kappa shape index (κ1) is 26.4. The predicted octanol–water partition coefficient (Wildman–Crippen LogP) is 5.44. The van der Waals surface area contributed by atoms with Gasteiger partial charge in [0.05, 0.1) is 37.9 Å². The van der Waals surface area contributed by atoms with Gasteiger partial charge >= 0.3 is 11.9 Å². The molecule has 1 unspecified atom stereocenters. The van der Waals surface area contributed by atoms with Gasteiger partial charge in [-0.25, -0.2) is 4.79 Å². The zero-order valence-electron chi connectivity index (χ0n) is 19.9. The number of fused-ring (bicyclic) bond motifs is 4. The molecule has 0 aromatic heterocycles. The molecule has 184 valence electrons. The Balaban J connectivity index is 1.83. The van der Waals surface area contributed by atoms with Gasteiger partial charge in [0.25, 0.3) is 0 Å². The van der Waals surface area contributed by atoms with E-state index in [9.17, 15) is 9.59 Å². The van der Waals surface area contributed by atoms with Gasteiger partial charge in [-0.15, -0.1) is 0 Å². The van der Waals surface area contributed by atoms with Gasteiger partial charge in [0.1, 0.15) is 6.10 Å². The van der Waals surface area contributed by atoms with E-state index < -0.39 is 0 Å². The Hall–Kier alpha value is -1.19. The lowest BCUT2D eigenvalue weighted by molar-refractivity contribution is -0.154. The molecular formula is C26H37IO6. The lowest BCUT2D eigenvalue weighted by Crippen LogP contribution is -2.37. The van der Waals surface area contributed by atoms with Crippen LogP contribution in [0.15, 0.2) is 34.0 Å². The summed E-state index contributed by atoms with van der Waals surface area (Å²) in [6.45, 7) is 4.28. The first-order valence-corrected chi connectivity index (χ1v) is 13.3. The van der Waals surface area contributed by atoms with Gasteiger partial charge in [-0.05, 0) is 54.6 Å². The number of carbonyl (C=O) groups is 2. The minimum Gasteiger partial charge on any atom is -0.466 e. The Bertz CT molecular complexity index is 760. The highest BCUT2D eigenvalue weighted by Crippen LogP contribution is 2.33. The summed E-state index contributed by atoms with van der Waals surface area (Å²) in [4.78, 5) is 24.7. The maximum absolute atomic E-state index is 12.8. The van der Waals surface area contributed by atoms with E-state index in [1.807, 2.05) is 10.2 Å². The van der Waals surface area contributed by atoms with Gasteiger partial charge in [-0.2, -0.15) is 0 Å². The predicted molar refractivity (Wildman–Crippen MR) is 135 cm³/mol. The van der Waals surface area contributed by atoms with Gasteiger partial charge in [-0.3, -0.25) is 4.79 Å². The number of hydrogen-bond acceptors (Lipinski definition) is 6. The average molecular weight is 572 g/mol. The molecule has 3 aliphatic heterocycles. The topological polar surface area (TPSA) is 71.1 Å². The summed E-state index contributed by atoms with van der Waals surface area (Å²) in [7, 11) is 1.38. The molecule has 0 aliphatic carbocycles. The molecule has 2 saturated heterocycles. The van der Waals surface area contributed by atoms with E-state index in [1.165, 1.54) is 7.11 Å². The third-order valence-electron chi connectivity index (χ3n) is 6.67. The van der Waals surface area contributed by atoms with Gasteiger partial charge in [0.15, 0.2) is 0 Å². The van der Waals surface area contributed by atoms with Crippen molar-refractivity contribution in [1.82, 2.24) is 0 Å². The Morgan fingerprint density at radius 3 is 2.45 bits per heavy atom. The maximum atomic E-state index is 12.8. The Morgan fingerprint density at radius 1 is 1.03 bits per heavy atom. The second-order valence-corrected chi connectivity index (χ2v) is 10.3. The van der Waals surface area contributed by atoms with Crippen molar-refractivity contribution < 1.29 is 28.5 Å². The van der Waals surface area contributed by atoms with E-state index in [2.05, 4.69) is 48.6 Å². The zero-order valence-corrected chi connectivity index (χ0v) is 22.1. The highest BCUT2D eigenvalue weighted by molar-refractivity contribution is 14.1. The molecule has 0 aromatic rings. The molecule has 33 heavy (non-hydrogen) atoms. The molecule has 2 fully saturated rings. The van der Waals surface area contributed by atoms with Crippen LogP contribution in [0.2, 0.25) is 0 Å². The van der Waals surface area contributed by atoms with Gasteiger partial charge in [0, 0.05) is 18.4 Å². The van der Waals surface area contributed by atoms with Gasteiger partial charge in [0.2, 0.25) is 0 Å². The summed E-state index contributed by atoms with van der Waals surface area (Å²) >= 11 is 2.15. The summed E-state index contributed by atoms with van der Waals surface area (Å²) in [6, 6.07) is 0. The number of esters is 2. The van der Waals surface area contributed by atoms with Crippen LogP contribution in [0.4, 0.5) is 0 Å².